The van der Waals surface area contributed by atoms with Gasteiger partial charge >= 0.3 is 0 Å². The van der Waals surface area contributed by atoms with Crippen LogP contribution < -0.4 is 5.32 Å². The molecule has 0 unspecified atom stereocenters. The van der Waals surface area contributed by atoms with Crippen LogP contribution in [0.3, 0.4) is 0 Å². The Kier molecular flexibility index (Phi) is 4.81. The number of piperidine rings is 1. The van der Waals surface area contributed by atoms with Crippen LogP contribution in [-0.4, -0.2) is 54.2 Å². The quantitative estimate of drug-likeness (QED) is 0.862. The molecule has 3 fully saturated rings. The molecule has 1 aromatic rings. The van der Waals surface area contributed by atoms with Gasteiger partial charge in [-0.15, -0.1) is 0 Å². The lowest BCUT2D eigenvalue weighted by Crippen LogP contribution is -2.43. The van der Waals surface area contributed by atoms with E-state index in [4.69, 9.17) is 4.74 Å². The van der Waals surface area contributed by atoms with Gasteiger partial charge in [-0.3, -0.25) is 9.78 Å². The summed E-state index contributed by atoms with van der Waals surface area (Å²) in [6.45, 7) is 4.04. The Hall–Kier alpha value is -1.46. The van der Waals surface area contributed by atoms with Crippen LogP contribution in [0.25, 0.3) is 0 Å². The Morgan fingerprint density at radius 2 is 2.25 bits per heavy atom. The van der Waals surface area contributed by atoms with Crippen molar-refractivity contribution in [2.45, 2.75) is 44.3 Å². The van der Waals surface area contributed by atoms with Gasteiger partial charge in [-0.25, -0.2) is 0 Å². The fraction of sp³-hybridized carbons (Fsp3) is 0.684. The first-order valence-corrected chi connectivity index (χ1v) is 9.33. The Morgan fingerprint density at radius 1 is 1.33 bits per heavy atom. The zero-order valence-corrected chi connectivity index (χ0v) is 14.2. The predicted octanol–water partition coefficient (Wildman–Crippen LogP) is 1.63. The van der Waals surface area contributed by atoms with E-state index in [2.05, 4.69) is 15.2 Å². The number of rotatable bonds is 6. The first-order valence-electron chi connectivity index (χ1n) is 9.33. The zero-order valence-electron chi connectivity index (χ0n) is 14.2. The fourth-order valence-corrected chi connectivity index (χ4v) is 3.97. The van der Waals surface area contributed by atoms with Crippen molar-refractivity contribution in [1.82, 2.24) is 15.2 Å². The average molecular weight is 329 g/mol. The first kappa shape index (κ1) is 16.0. The second kappa shape index (κ2) is 7.19. The number of likely N-dealkylation sites (tertiary alicyclic amines) is 1. The van der Waals surface area contributed by atoms with Crippen LogP contribution in [0.5, 0.6) is 0 Å². The average Bonchev–Trinajstić information content (AvgIpc) is 3.31. The molecule has 1 amide bonds. The van der Waals surface area contributed by atoms with Gasteiger partial charge in [0.1, 0.15) is 6.10 Å². The van der Waals surface area contributed by atoms with Crippen molar-refractivity contribution in [2.75, 3.05) is 26.2 Å². The third-order valence-corrected chi connectivity index (χ3v) is 5.55. The largest absolute Gasteiger partial charge is 0.364 e. The minimum Gasteiger partial charge on any atom is -0.364 e. The molecule has 5 heteroatoms. The molecule has 1 saturated carbocycles. The summed E-state index contributed by atoms with van der Waals surface area (Å²) in [6, 6.07) is 5.87. The molecule has 1 aromatic heterocycles. The summed E-state index contributed by atoms with van der Waals surface area (Å²) in [7, 11) is 0. The molecule has 1 N–H and O–H groups in total. The van der Waals surface area contributed by atoms with Crippen molar-refractivity contribution in [1.29, 1.82) is 0 Å². The Balaban J connectivity index is 1.21. The number of pyridine rings is 1. The van der Waals surface area contributed by atoms with E-state index in [0.717, 1.165) is 31.0 Å². The van der Waals surface area contributed by atoms with Crippen LogP contribution in [0.1, 0.15) is 31.4 Å². The number of fused-ring (bicyclic) bond motifs is 1. The lowest BCUT2D eigenvalue weighted by atomic mass is 9.91. The van der Waals surface area contributed by atoms with Crippen molar-refractivity contribution in [3.63, 3.8) is 0 Å². The molecule has 3 atom stereocenters. The summed E-state index contributed by atoms with van der Waals surface area (Å²) < 4.78 is 6.09. The van der Waals surface area contributed by atoms with Gasteiger partial charge in [-0.2, -0.15) is 0 Å². The number of aromatic nitrogens is 1. The Morgan fingerprint density at radius 3 is 3.04 bits per heavy atom. The number of nitrogens with one attached hydrogen (secondary N) is 1. The second-order valence-corrected chi connectivity index (χ2v) is 7.51. The van der Waals surface area contributed by atoms with Crippen molar-refractivity contribution in [2.24, 2.45) is 11.8 Å². The van der Waals surface area contributed by atoms with Crippen molar-refractivity contribution in [3.05, 3.63) is 30.1 Å². The van der Waals surface area contributed by atoms with Crippen LogP contribution in [0, 0.1) is 11.8 Å². The van der Waals surface area contributed by atoms with Gasteiger partial charge in [-0.05, 0) is 56.2 Å². The highest BCUT2D eigenvalue weighted by atomic mass is 16.5. The lowest BCUT2D eigenvalue weighted by molar-refractivity contribution is -0.132. The Labute approximate surface area is 143 Å². The van der Waals surface area contributed by atoms with Gasteiger partial charge < -0.3 is 15.0 Å². The monoisotopic (exact) mass is 329 g/mol. The van der Waals surface area contributed by atoms with Crippen LogP contribution in [0.4, 0.5) is 0 Å². The summed E-state index contributed by atoms with van der Waals surface area (Å²) in [5.41, 5.74) is 1.01. The maximum absolute atomic E-state index is 12.4. The topological polar surface area (TPSA) is 54.5 Å². The van der Waals surface area contributed by atoms with E-state index in [9.17, 15) is 4.79 Å². The molecular weight excluding hydrogens is 302 g/mol. The molecule has 2 aliphatic heterocycles. The van der Waals surface area contributed by atoms with Crippen LogP contribution in [0.2, 0.25) is 0 Å². The standard InChI is InChI=1S/C19H27N3O2/c23-19(21-9-6-16-3-1-2-8-20-16)17-11-15-7-10-22(12-14-4-5-14)13-18(15)24-17/h1-3,8,14-15,17-18H,4-7,9-13H2,(H,21,23)/t15-,17-,18-/m0/s1. The van der Waals surface area contributed by atoms with Crippen LogP contribution in [0.15, 0.2) is 24.4 Å². The van der Waals surface area contributed by atoms with E-state index in [1.807, 2.05) is 18.2 Å². The van der Waals surface area contributed by atoms with E-state index >= 15 is 0 Å². The number of nitrogens with zero attached hydrogens (tertiary/aromatic N) is 2. The molecule has 2 saturated heterocycles. The third-order valence-electron chi connectivity index (χ3n) is 5.55. The van der Waals surface area contributed by atoms with E-state index < -0.39 is 0 Å². The fourth-order valence-electron chi connectivity index (χ4n) is 3.97. The normalized spacial score (nSPS) is 30.1. The highest BCUT2D eigenvalue weighted by molar-refractivity contribution is 5.81. The SMILES string of the molecule is O=C(NCCc1ccccn1)[C@@H]1C[C@@H]2CCN(CC3CC3)C[C@@H]2O1. The van der Waals surface area contributed by atoms with E-state index in [1.165, 1.54) is 32.4 Å². The molecule has 0 bridgehead atoms. The number of hydrogen-bond donors (Lipinski definition) is 1. The smallest absolute Gasteiger partial charge is 0.249 e. The molecule has 0 radical (unpaired) electrons. The van der Waals surface area contributed by atoms with Gasteiger partial charge in [0.25, 0.3) is 0 Å². The number of carbonyl (C=O) groups is 1. The molecule has 5 nitrogen and oxygen atoms in total. The van der Waals surface area contributed by atoms with Gasteiger partial charge in [0.15, 0.2) is 0 Å². The van der Waals surface area contributed by atoms with Gasteiger partial charge in [0.2, 0.25) is 5.91 Å². The highest BCUT2D eigenvalue weighted by Crippen LogP contribution is 2.36. The minimum atomic E-state index is -0.260. The molecule has 0 spiro atoms. The molecular formula is C19H27N3O2. The van der Waals surface area contributed by atoms with E-state index in [1.54, 1.807) is 6.20 Å². The maximum atomic E-state index is 12.4. The maximum Gasteiger partial charge on any atom is 0.249 e. The summed E-state index contributed by atoms with van der Waals surface area (Å²) in [6.07, 6.45) is 7.40. The van der Waals surface area contributed by atoms with Gasteiger partial charge in [0.05, 0.1) is 6.10 Å². The van der Waals surface area contributed by atoms with Crippen LogP contribution >= 0.6 is 0 Å². The first-order chi connectivity index (χ1) is 11.8. The summed E-state index contributed by atoms with van der Waals surface area (Å²) >= 11 is 0. The number of hydrogen-bond acceptors (Lipinski definition) is 4. The third kappa shape index (κ3) is 3.95. The summed E-state index contributed by atoms with van der Waals surface area (Å²) in [5, 5.41) is 3.02. The molecule has 24 heavy (non-hydrogen) atoms. The number of ether oxygens (including phenoxy) is 1. The van der Waals surface area contributed by atoms with E-state index in [0.29, 0.717) is 12.5 Å². The molecule has 3 aliphatic rings. The minimum absolute atomic E-state index is 0.0501. The molecule has 4 rings (SSSR count). The summed E-state index contributed by atoms with van der Waals surface area (Å²) in [4.78, 5) is 19.2. The molecule has 1 aliphatic carbocycles. The lowest BCUT2D eigenvalue weighted by Gasteiger charge is -2.34. The molecule has 3 heterocycles. The zero-order chi connectivity index (χ0) is 16.4. The summed E-state index contributed by atoms with van der Waals surface area (Å²) in [5.74, 6) is 1.54. The molecule has 130 valence electrons. The van der Waals surface area contributed by atoms with Crippen LogP contribution in [-0.2, 0) is 16.0 Å². The van der Waals surface area contributed by atoms with E-state index in [-0.39, 0.29) is 18.1 Å². The highest BCUT2D eigenvalue weighted by Gasteiger charge is 2.42. The van der Waals surface area contributed by atoms with Gasteiger partial charge in [0, 0.05) is 37.9 Å². The number of amides is 1. The number of carbonyl (C=O) groups excluding carboxylic acids is 1. The molecule has 0 aromatic carbocycles. The Bertz CT molecular complexity index is 561. The van der Waals surface area contributed by atoms with Crippen molar-refractivity contribution < 1.29 is 9.53 Å². The van der Waals surface area contributed by atoms with Crippen molar-refractivity contribution in [3.8, 4) is 0 Å². The second-order valence-electron chi connectivity index (χ2n) is 7.51. The predicted molar refractivity (Wildman–Crippen MR) is 91.5 cm³/mol. The van der Waals surface area contributed by atoms with Gasteiger partial charge in [-0.1, -0.05) is 6.07 Å². The van der Waals surface area contributed by atoms with Crippen molar-refractivity contribution >= 4 is 5.91 Å².